The van der Waals surface area contributed by atoms with Crippen LogP contribution in [0.1, 0.15) is 42.5 Å². The van der Waals surface area contributed by atoms with Crippen LogP contribution >= 0.6 is 0 Å². The van der Waals surface area contributed by atoms with Crippen LogP contribution in [0.2, 0.25) is 0 Å². The van der Waals surface area contributed by atoms with E-state index in [0.717, 1.165) is 0 Å². The van der Waals surface area contributed by atoms with E-state index in [1.165, 1.54) is 32.1 Å². The highest BCUT2D eigenvalue weighted by atomic mass is 16.5. The Labute approximate surface area is 136 Å². The maximum absolute atomic E-state index is 12.0. The minimum Gasteiger partial charge on any atom is -0.389 e. The van der Waals surface area contributed by atoms with Gasteiger partial charge in [-0.25, -0.2) is 0 Å². The number of hydrogen-bond acceptors (Lipinski definition) is 5. The first kappa shape index (κ1) is 16.4. The Balaban J connectivity index is 1.45. The fourth-order valence-electron chi connectivity index (χ4n) is 3.38. The number of aliphatic hydroxyl groups excluding tert-OH is 1. The molecule has 2 fully saturated rings. The van der Waals surface area contributed by atoms with Gasteiger partial charge in [-0.3, -0.25) is 9.78 Å². The number of aliphatic hydroxyl groups is 1. The quantitative estimate of drug-likeness (QED) is 0.750. The molecule has 1 aliphatic carbocycles. The van der Waals surface area contributed by atoms with Crippen LogP contribution in [-0.2, 0) is 4.74 Å². The Hall–Kier alpha value is -1.50. The summed E-state index contributed by atoms with van der Waals surface area (Å²) in [6, 6.07) is 3.77. The van der Waals surface area contributed by atoms with Crippen LogP contribution < -0.4 is 10.6 Å². The van der Waals surface area contributed by atoms with Gasteiger partial charge in [-0.1, -0.05) is 19.3 Å². The molecule has 2 aliphatic rings. The maximum atomic E-state index is 12.0. The van der Waals surface area contributed by atoms with E-state index in [-0.39, 0.29) is 18.1 Å². The van der Waals surface area contributed by atoms with E-state index in [1.807, 2.05) is 0 Å². The molecule has 1 saturated heterocycles. The summed E-state index contributed by atoms with van der Waals surface area (Å²) in [6.07, 6.45) is 8.39. The van der Waals surface area contributed by atoms with Crippen LogP contribution in [0.5, 0.6) is 0 Å². The second kappa shape index (κ2) is 7.86. The number of pyridine rings is 1. The highest BCUT2D eigenvalue weighted by molar-refractivity contribution is 5.93. The van der Waals surface area contributed by atoms with Gasteiger partial charge in [0.2, 0.25) is 0 Å². The fraction of sp³-hybridized carbons (Fsp3) is 0.647. The van der Waals surface area contributed by atoms with Crippen molar-refractivity contribution in [3.05, 3.63) is 30.1 Å². The van der Waals surface area contributed by atoms with Gasteiger partial charge in [0, 0.05) is 30.5 Å². The van der Waals surface area contributed by atoms with Crippen LogP contribution in [0, 0.1) is 0 Å². The van der Waals surface area contributed by atoms with E-state index in [0.29, 0.717) is 24.8 Å². The first-order chi connectivity index (χ1) is 11.2. The molecule has 0 bridgehead atoms. The average molecular weight is 319 g/mol. The number of rotatable bonds is 5. The van der Waals surface area contributed by atoms with E-state index in [2.05, 4.69) is 15.6 Å². The zero-order chi connectivity index (χ0) is 16.1. The molecule has 6 heteroatoms. The summed E-state index contributed by atoms with van der Waals surface area (Å²) in [4.78, 5) is 15.9. The van der Waals surface area contributed by atoms with Gasteiger partial charge < -0.3 is 20.5 Å². The van der Waals surface area contributed by atoms with Gasteiger partial charge in [-0.15, -0.1) is 0 Å². The molecule has 0 radical (unpaired) electrons. The molecule has 126 valence electrons. The van der Waals surface area contributed by atoms with E-state index in [4.69, 9.17) is 4.74 Å². The molecule has 1 aliphatic heterocycles. The van der Waals surface area contributed by atoms with Crippen molar-refractivity contribution in [1.82, 2.24) is 15.6 Å². The monoisotopic (exact) mass is 319 g/mol. The Bertz CT molecular complexity index is 505. The second-order valence-corrected chi connectivity index (χ2v) is 6.42. The van der Waals surface area contributed by atoms with Gasteiger partial charge in [-0.2, -0.15) is 0 Å². The third kappa shape index (κ3) is 4.28. The van der Waals surface area contributed by atoms with Crippen molar-refractivity contribution in [3.63, 3.8) is 0 Å². The normalized spacial score (nSPS) is 28.7. The third-order valence-corrected chi connectivity index (χ3v) is 4.74. The predicted octanol–water partition coefficient (Wildman–Crippen LogP) is 0.862. The predicted molar refractivity (Wildman–Crippen MR) is 86.1 cm³/mol. The summed E-state index contributed by atoms with van der Waals surface area (Å²) in [6.45, 7) is 0.804. The van der Waals surface area contributed by atoms with Gasteiger partial charge in [-0.05, 0) is 25.0 Å². The molecule has 3 unspecified atom stereocenters. The van der Waals surface area contributed by atoms with Gasteiger partial charge in [0.15, 0.2) is 0 Å². The number of carbonyl (C=O) groups excluding carboxylic acids is 1. The molecular weight excluding hydrogens is 294 g/mol. The molecule has 2 heterocycles. The van der Waals surface area contributed by atoms with Crippen molar-refractivity contribution in [2.24, 2.45) is 0 Å². The summed E-state index contributed by atoms with van der Waals surface area (Å²) < 4.78 is 5.67. The van der Waals surface area contributed by atoms with Crippen LogP contribution in [0.25, 0.3) is 0 Å². The SMILES string of the molecule is O=C(NCC1OCC(NC2CCCCC2)C1O)c1ccncc1. The summed E-state index contributed by atoms with van der Waals surface area (Å²) >= 11 is 0. The third-order valence-electron chi connectivity index (χ3n) is 4.74. The minimum atomic E-state index is -0.588. The zero-order valence-electron chi connectivity index (χ0n) is 13.3. The molecule has 0 spiro atoms. The number of carbonyl (C=O) groups is 1. The summed E-state index contributed by atoms with van der Waals surface area (Å²) in [5, 5.41) is 16.8. The second-order valence-electron chi connectivity index (χ2n) is 6.42. The molecule has 3 atom stereocenters. The van der Waals surface area contributed by atoms with Crippen molar-refractivity contribution in [1.29, 1.82) is 0 Å². The van der Waals surface area contributed by atoms with Crippen molar-refractivity contribution in [2.45, 2.75) is 56.4 Å². The fourth-order valence-corrected chi connectivity index (χ4v) is 3.38. The first-order valence-corrected chi connectivity index (χ1v) is 8.48. The van der Waals surface area contributed by atoms with Crippen LogP contribution in [0.3, 0.4) is 0 Å². The number of ether oxygens (including phenoxy) is 1. The Morgan fingerprint density at radius 3 is 2.74 bits per heavy atom. The summed E-state index contributed by atoms with van der Waals surface area (Å²) in [7, 11) is 0. The minimum absolute atomic E-state index is 0.0408. The van der Waals surface area contributed by atoms with Crippen molar-refractivity contribution < 1.29 is 14.6 Å². The maximum Gasteiger partial charge on any atom is 0.251 e. The topological polar surface area (TPSA) is 83.5 Å². The smallest absolute Gasteiger partial charge is 0.251 e. The Morgan fingerprint density at radius 2 is 2.00 bits per heavy atom. The standard InChI is InChI=1S/C17H25N3O3/c21-16-14(20-13-4-2-1-3-5-13)11-23-15(16)10-19-17(22)12-6-8-18-9-7-12/h6-9,13-16,20-21H,1-5,10-11H2,(H,19,22). The number of aromatic nitrogens is 1. The molecule has 23 heavy (non-hydrogen) atoms. The summed E-state index contributed by atoms with van der Waals surface area (Å²) in [5.41, 5.74) is 0.560. The van der Waals surface area contributed by atoms with E-state index < -0.39 is 6.10 Å². The summed E-state index contributed by atoms with van der Waals surface area (Å²) in [5.74, 6) is -0.174. The van der Waals surface area contributed by atoms with E-state index >= 15 is 0 Å². The number of nitrogens with one attached hydrogen (secondary N) is 2. The number of nitrogens with zero attached hydrogens (tertiary/aromatic N) is 1. The lowest BCUT2D eigenvalue weighted by Gasteiger charge is -2.27. The highest BCUT2D eigenvalue weighted by Crippen LogP contribution is 2.21. The van der Waals surface area contributed by atoms with Gasteiger partial charge in [0.25, 0.3) is 5.91 Å². The Kier molecular flexibility index (Phi) is 5.59. The van der Waals surface area contributed by atoms with Gasteiger partial charge >= 0.3 is 0 Å². The Morgan fingerprint density at radius 1 is 1.26 bits per heavy atom. The molecule has 1 aromatic rings. The van der Waals surface area contributed by atoms with Crippen molar-refractivity contribution in [2.75, 3.05) is 13.2 Å². The molecule has 3 rings (SSSR count). The molecule has 6 nitrogen and oxygen atoms in total. The van der Waals surface area contributed by atoms with Gasteiger partial charge in [0.05, 0.1) is 18.8 Å². The molecule has 1 saturated carbocycles. The molecule has 1 amide bonds. The average Bonchev–Trinajstić information content (AvgIpc) is 2.94. The van der Waals surface area contributed by atoms with E-state index in [9.17, 15) is 9.90 Å². The first-order valence-electron chi connectivity index (χ1n) is 8.48. The largest absolute Gasteiger partial charge is 0.389 e. The molecule has 1 aromatic heterocycles. The number of amides is 1. The van der Waals surface area contributed by atoms with Gasteiger partial charge in [0.1, 0.15) is 6.10 Å². The lowest BCUT2D eigenvalue weighted by molar-refractivity contribution is 0.0394. The van der Waals surface area contributed by atoms with E-state index in [1.54, 1.807) is 24.5 Å². The van der Waals surface area contributed by atoms with Crippen LogP contribution in [0.4, 0.5) is 0 Å². The van der Waals surface area contributed by atoms with Crippen molar-refractivity contribution >= 4 is 5.91 Å². The zero-order valence-corrected chi connectivity index (χ0v) is 13.3. The van der Waals surface area contributed by atoms with Crippen molar-refractivity contribution in [3.8, 4) is 0 Å². The van der Waals surface area contributed by atoms with Crippen LogP contribution in [-0.4, -0.2) is 53.4 Å². The molecular formula is C17H25N3O3. The lowest BCUT2D eigenvalue weighted by atomic mass is 9.94. The molecule has 3 N–H and O–H groups in total. The van der Waals surface area contributed by atoms with Crippen LogP contribution in [0.15, 0.2) is 24.5 Å². The molecule has 0 aromatic carbocycles. The highest BCUT2D eigenvalue weighted by Gasteiger charge is 2.37. The lowest BCUT2D eigenvalue weighted by Crippen LogP contribution is -2.48. The number of hydrogen-bond donors (Lipinski definition) is 3.